The molecule has 0 saturated heterocycles. The van der Waals surface area contributed by atoms with Crippen molar-refractivity contribution in [1.82, 2.24) is 10.3 Å². The van der Waals surface area contributed by atoms with Crippen LogP contribution in [-0.2, 0) is 13.0 Å². The molecule has 0 aliphatic carbocycles. The van der Waals surface area contributed by atoms with E-state index < -0.39 is 0 Å². The van der Waals surface area contributed by atoms with Crippen molar-refractivity contribution in [1.29, 1.82) is 0 Å². The summed E-state index contributed by atoms with van der Waals surface area (Å²) in [7, 11) is 0. The molecule has 2 heteroatoms. The van der Waals surface area contributed by atoms with Gasteiger partial charge in [-0.25, -0.2) is 0 Å². The van der Waals surface area contributed by atoms with Gasteiger partial charge in [-0.15, -0.1) is 0 Å². The first-order chi connectivity index (χ1) is 5.77. The summed E-state index contributed by atoms with van der Waals surface area (Å²) in [6.07, 6.45) is 1.01. The molecule has 0 spiro atoms. The van der Waals surface area contributed by atoms with E-state index in [0.29, 0.717) is 0 Å². The van der Waals surface area contributed by atoms with Crippen LogP contribution >= 0.6 is 0 Å². The summed E-state index contributed by atoms with van der Waals surface area (Å²) < 4.78 is 0. The van der Waals surface area contributed by atoms with E-state index in [1.165, 1.54) is 11.3 Å². The Kier molecular flexibility index (Phi) is 1.70. The zero-order valence-electron chi connectivity index (χ0n) is 7.06. The van der Waals surface area contributed by atoms with Crippen LogP contribution in [0, 0.1) is 0 Å². The topological polar surface area (TPSA) is 24.9 Å². The minimum Gasteiger partial charge on any atom is -0.312 e. The van der Waals surface area contributed by atoms with Gasteiger partial charge in [0.15, 0.2) is 0 Å². The second-order valence-corrected chi connectivity index (χ2v) is 3.13. The van der Waals surface area contributed by atoms with Gasteiger partial charge in [-0.3, -0.25) is 4.98 Å². The maximum Gasteiger partial charge on any atom is 0.0627 e. The van der Waals surface area contributed by atoms with Gasteiger partial charge < -0.3 is 5.32 Å². The SMILES string of the molecule is C=c1cc2c(nc1=C)CCNC2. The van der Waals surface area contributed by atoms with Crippen LogP contribution in [0.4, 0.5) is 0 Å². The number of nitrogens with zero attached hydrogens (tertiary/aromatic N) is 1. The Morgan fingerprint density at radius 1 is 1.42 bits per heavy atom. The van der Waals surface area contributed by atoms with Crippen molar-refractivity contribution in [3.05, 3.63) is 27.9 Å². The minimum atomic E-state index is 0.815. The van der Waals surface area contributed by atoms with Crippen LogP contribution in [0.5, 0.6) is 0 Å². The lowest BCUT2D eigenvalue weighted by Gasteiger charge is -2.15. The first kappa shape index (κ1) is 7.50. The van der Waals surface area contributed by atoms with Crippen LogP contribution in [0.3, 0.4) is 0 Å². The number of hydrogen-bond donors (Lipinski definition) is 1. The summed E-state index contributed by atoms with van der Waals surface area (Å²) in [6.45, 7) is 9.66. The molecule has 0 radical (unpaired) electrons. The Labute approximate surface area is 71.6 Å². The van der Waals surface area contributed by atoms with E-state index in [9.17, 15) is 0 Å². The van der Waals surface area contributed by atoms with Gasteiger partial charge >= 0.3 is 0 Å². The molecule has 62 valence electrons. The quantitative estimate of drug-likeness (QED) is 0.556. The molecule has 2 heterocycles. The molecule has 0 aromatic carbocycles. The minimum absolute atomic E-state index is 0.815. The standard InChI is InChI=1S/C10H12N2/c1-7-5-9-6-11-4-3-10(9)12-8(7)2/h5,11H,1-4,6H2. The molecule has 1 aromatic heterocycles. The third-order valence-corrected chi connectivity index (χ3v) is 2.21. The molecule has 0 bridgehead atoms. The molecule has 12 heavy (non-hydrogen) atoms. The molecule has 1 aromatic rings. The summed E-state index contributed by atoms with van der Waals surface area (Å²) >= 11 is 0. The van der Waals surface area contributed by atoms with Gasteiger partial charge in [-0.1, -0.05) is 13.2 Å². The number of rotatable bonds is 0. The fraction of sp³-hybridized carbons (Fsp3) is 0.300. The van der Waals surface area contributed by atoms with Crippen LogP contribution in [-0.4, -0.2) is 11.5 Å². The van der Waals surface area contributed by atoms with Crippen molar-refractivity contribution in [3.8, 4) is 0 Å². The lowest BCUT2D eigenvalue weighted by atomic mass is 10.1. The first-order valence-corrected chi connectivity index (χ1v) is 4.15. The van der Waals surface area contributed by atoms with E-state index in [1.807, 2.05) is 0 Å². The van der Waals surface area contributed by atoms with E-state index in [0.717, 1.165) is 30.1 Å². The molecule has 2 nitrogen and oxygen atoms in total. The Balaban J connectivity index is 2.64. The van der Waals surface area contributed by atoms with Gasteiger partial charge in [-0.2, -0.15) is 0 Å². The fourth-order valence-electron chi connectivity index (χ4n) is 1.48. The molecule has 0 saturated carbocycles. The fourth-order valence-corrected chi connectivity index (χ4v) is 1.48. The number of aromatic nitrogens is 1. The molecule has 0 fully saturated rings. The van der Waals surface area contributed by atoms with E-state index in [1.54, 1.807) is 0 Å². The maximum absolute atomic E-state index is 4.40. The summed E-state index contributed by atoms with van der Waals surface area (Å²) in [4.78, 5) is 4.40. The van der Waals surface area contributed by atoms with E-state index in [-0.39, 0.29) is 0 Å². The molecule has 2 rings (SSSR count). The molecule has 0 unspecified atom stereocenters. The van der Waals surface area contributed by atoms with E-state index >= 15 is 0 Å². The monoisotopic (exact) mass is 160 g/mol. The normalized spacial score (nSPS) is 15.7. The van der Waals surface area contributed by atoms with Crippen LogP contribution in [0.15, 0.2) is 6.07 Å². The Hall–Kier alpha value is -1.15. The smallest absolute Gasteiger partial charge is 0.0627 e. The Morgan fingerprint density at radius 3 is 3.08 bits per heavy atom. The zero-order chi connectivity index (χ0) is 8.55. The number of nitrogens with one attached hydrogen (secondary N) is 1. The summed E-state index contributed by atoms with van der Waals surface area (Å²) in [5, 5.41) is 5.06. The van der Waals surface area contributed by atoms with Crippen LogP contribution in [0.25, 0.3) is 13.2 Å². The first-order valence-electron chi connectivity index (χ1n) is 4.15. The lowest BCUT2D eigenvalue weighted by molar-refractivity contribution is 0.628. The second kappa shape index (κ2) is 2.72. The summed E-state index contributed by atoms with van der Waals surface area (Å²) in [5.41, 5.74) is 2.46. The van der Waals surface area contributed by atoms with Gasteiger partial charge in [0.2, 0.25) is 0 Å². The van der Waals surface area contributed by atoms with Crippen molar-refractivity contribution >= 4 is 13.2 Å². The van der Waals surface area contributed by atoms with Gasteiger partial charge in [0.25, 0.3) is 0 Å². The zero-order valence-corrected chi connectivity index (χ0v) is 7.06. The Bertz CT molecular complexity index is 356. The van der Waals surface area contributed by atoms with Crippen LogP contribution in [0.2, 0.25) is 0 Å². The van der Waals surface area contributed by atoms with Crippen molar-refractivity contribution in [2.45, 2.75) is 13.0 Å². The molecule has 1 aliphatic rings. The maximum atomic E-state index is 4.40. The van der Waals surface area contributed by atoms with Crippen LogP contribution < -0.4 is 15.9 Å². The largest absolute Gasteiger partial charge is 0.312 e. The second-order valence-electron chi connectivity index (χ2n) is 3.13. The van der Waals surface area contributed by atoms with E-state index in [2.05, 4.69) is 29.5 Å². The van der Waals surface area contributed by atoms with Gasteiger partial charge in [0, 0.05) is 25.2 Å². The van der Waals surface area contributed by atoms with Gasteiger partial charge in [0.1, 0.15) is 0 Å². The number of pyridine rings is 1. The van der Waals surface area contributed by atoms with Gasteiger partial charge in [-0.05, 0) is 16.8 Å². The molecule has 1 N–H and O–H groups in total. The van der Waals surface area contributed by atoms with Crippen LogP contribution in [0.1, 0.15) is 11.3 Å². The molecular formula is C10H12N2. The van der Waals surface area contributed by atoms with Crippen molar-refractivity contribution in [3.63, 3.8) is 0 Å². The average molecular weight is 160 g/mol. The lowest BCUT2D eigenvalue weighted by Crippen LogP contribution is -2.33. The summed E-state index contributed by atoms with van der Waals surface area (Å²) in [5.74, 6) is 0. The third kappa shape index (κ3) is 1.14. The highest BCUT2D eigenvalue weighted by Crippen LogP contribution is 2.05. The predicted octanol–water partition coefficient (Wildman–Crippen LogP) is -0.452. The van der Waals surface area contributed by atoms with Gasteiger partial charge in [0.05, 0.1) is 5.35 Å². The number of hydrogen-bond acceptors (Lipinski definition) is 2. The van der Waals surface area contributed by atoms with E-state index in [4.69, 9.17) is 0 Å². The molecule has 1 aliphatic heterocycles. The van der Waals surface area contributed by atoms with Crippen molar-refractivity contribution < 1.29 is 0 Å². The highest BCUT2D eigenvalue weighted by Gasteiger charge is 2.08. The summed E-state index contributed by atoms with van der Waals surface area (Å²) in [6, 6.07) is 2.08. The third-order valence-electron chi connectivity index (χ3n) is 2.21. The Morgan fingerprint density at radius 2 is 2.25 bits per heavy atom. The number of fused-ring (bicyclic) bond motifs is 1. The highest BCUT2D eigenvalue weighted by atomic mass is 14.9. The molecule has 0 atom stereocenters. The predicted molar refractivity (Wildman–Crippen MR) is 49.9 cm³/mol. The highest BCUT2D eigenvalue weighted by molar-refractivity contribution is 5.25. The van der Waals surface area contributed by atoms with Crippen molar-refractivity contribution in [2.24, 2.45) is 0 Å². The molecular weight excluding hydrogens is 148 g/mol. The average Bonchev–Trinajstić information content (AvgIpc) is 2.07. The van der Waals surface area contributed by atoms with Crippen molar-refractivity contribution in [2.75, 3.05) is 6.54 Å². The molecule has 0 amide bonds.